The van der Waals surface area contributed by atoms with Gasteiger partial charge in [-0.25, -0.2) is 9.18 Å². The van der Waals surface area contributed by atoms with Crippen LogP contribution in [0, 0.1) is 19.7 Å². The highest BCUT2D eigenvalue weighted by Crippen LogP contribution is 2.30. The van der Waals surface area contributed by atoms with Gasteiger partial charge in [-0.1, -0.05) is 48.5 Å². The summed E-state index contributed by atoms with van der Waals surface area (Å²) in [6.45, 7) is 9.10. The van der Waals surface area contributed by atoms with Crippen molar-refractivity contribution in [3.8, 4) is 11.4 Å². The number of aromatic nitrogens is 3. The van der Waals surface area contributed by atoms with Gasteiger partial charge in [-0.15, -0.1) is 0 Å². The first kappa shape index (κ1) is 24.9. The normalized spacial score (nSPS) is 12.0. The molecule has 1 atom stereocenters. The molecule has 0 saturated heterocycles. The third-order valence-electron chi connectivity index (χ3n) is 5.98. The molecule has 0 fully saturated rings. The Morgan fingerprint density at radius 1 is 1.00 bits per heavy atom. The zero-order valence-corrected chi connectivity index (χ0v) is 20.9. The molecule has 0 saturated carbocycles. The molecular formula is C28H29FN4O3. The minimum absolute atomic E-state index is 0.00958. The molecule has 4 rings (SSSR count). The van der Waals surface area contributed by atoms with Gasteiger partial charge in [-0.05, 0) is 57.9 Å². The fraction of sp³-hybridized carbons (Fsp3) is 0.250. The zero-order valence-electron chi connectivity index (χ0n) is 20.9. The third-order valence-corrected chi connectivity index (χ3v) is 5.98. The SMILES string of the molecule is Cc1ccccc1NC(=O)c1cc(F)c(-n2nc(C)n(C(C)C)c2=O)cc1O[C@@H](C)c1ccccc1. The van der Waals surface area contributed by atoms with E-state index in [9.17, 15) is 9.59 Å². The molecule has 1 N–H and O–H groups in total. The van der Waals surface area contributed by atoms with Crippen LogP contribution in [0.15, 0.2) is 71.5 Å². The second kappa shape index (κ2) is 10.2. The van der Waals surface area contributed by atoms with Crippen molar-refractivity contribution in [2.24, 2.45) is 0 Å². The lowest BCUT2D eigenvalue weighted by molar-refractivity contribution is 0.101. The number of halogens is 1. The summed E-state index contributed by atoms with van der Waals surface area (Å²) in [7, 11) is 0. The zero-order chi connectivity index (χ0) is 26.0. The number of para-hydroxylation sites is 1. The Morgan fingerprint density at radius 3 is 2.31 bits per heavy atom. The van der Waals surface area contributed by atoms with E-state index in [0.29, 0.717) is 11.5 Å². The summed E-state index contributed by atoms with van der Waals surface area (Å²) < 4.78 is 24.1. The van der Waals surface area contributed by atoms with Crippen molar-refractivity contribution in [3.05, 3.63) is 106 Å². The molecule has 1 heterocycles. The van der Waals surface area contributed by atoms with Crippen LogP contribution in [0.5, 0.6) is 5.75 Å². The largest absolute Gasteiger partial charge is 0.485 e. The van der Waals surface area contributed by atoms with E-state index >= 15 is 4.39 Å². The molecule has 8 heteroatoms. The number of nitrogens with one attached hydrogen (secondary N) is 1. The molecule has 36 heavy (non-hydrogen) atoms. The number of carbonyl (C=O) groups is 1. The van der Waals surface area contributed by atoms with Crippen LogP contribution in [0.2, 0.25) is 0 Å². The summed E-state index contributed by atoms with van der Waals surface area (Å²) in [5, 5.41) is 7.10. The van der Waals surface area contributed by atoms with Crippen molar-refractivity contribution in [2.45, 2.75) is 46.8 Å². The first-order valence-corrected chi connectivity index (χ1v) is 11.8. The van der Waals surface area contributed by atoms with Gasteiger partial charge in [0, 0.05) is 17.8 Å². The maximum Gasteiger partial charge on any atom is 0.351 e. The number of ether oxygens (including phenoxy) is 1. The molecule has 4 aromatic rings. The summed E-state index contributed by atoms with van der Waals surface area (Å²) in [5.74, 6) is -0.699. The van der Waals surface area contributed by atoms with Crippen molar-refractivity contribution in [3.63, 3.8) is 0 Å². The first-order chi connectivity index (χ1) is 17.2. The van der Waals surface area contributed by atoms with Crippen molar-refractivity contribution >= 4 is 11.6 Å². The highest BCUT2D eigenvalue weighted by Gasteiger charge is 2.23. The second-order valence-corrected chi connectivity index (χ2v) is 8.94. The van der Waals surface area contributed by atoms with Crippen LogP contribution in [-0.2, 0) is 0 Å². The van der Waals surface area contributed by atoms with Gasteiger partial charge in [0.2, 0.25) is 0 Å². The topological polar surface area (TPSA) is 78.2 Å². The summed E-state index contributed by atoms with van der Waals surface area (Å²) >= 11 is 0. The Bertz CT molecular complexity index is 1460. The minimum atomic E-state index is -0.764. The lowest BCUT2D eigenvalue weighted by atomic mass is 10.1. The van der Waals surface area contributed by atoms with Crippen LogP contribution < -0.4 is 15.7 Å². The first-order valence-electron chi connectivity index (χ1n) is 11.8. The van der Waals surface area contributed by atoms with Crippen LogP contribution in [0.3, 0.4) is 0 Å². The van der Waals surface area contributed by atoms with Crippen molar-refractivity contribution in [1.29, 1.82) is 0 Å². The molecule has 0 spiro atoms. The number of nitrogens with zero attached hydrogens (tertiary/aromatic N) is 3. The van der Waals surface area contributed by atoms with Crippen molar-refractivity contribution in [1.82, 2.24) is 14.3 Å². The average Bonchev–Trinajstić information content (AvgIpc) is 3.15. The molecule has 0 unspecified atom stereocenters. The molecule has 0 radical (unpaired) electrons. The predicted molar refractivity (Wildman–Crippen MR) is 138 cm³/mol. The van der Waals surface area contributed by atoms with E-state index in [2.05, 4.69) is 10.4 Å². The summed E-state index contributed by atoms with van der Waals surface area (Å²) in [6.07, 6.45) is -0.443. The van der Waals surface area contributed by atoms with Crippen LogP contribution >= 0.6 is 0 Å². The van der Waals surface area contributed by atoms with Crippen LogP contribution in [-0.4, -0.2) is 20.3 Å². The van der Waals surface area contributed by atoms with Crippen LogP contribution in [0.25, 0.3) is 5.69 Å². The monoisotopic (exact) mass is 488 g/mol. The lowest BCUT2D eigenvalue weighted by Gasteiger charge is -2.19. The van der Waals surface area contributed by atoms with Gasteiger partial charge in [0.1, 0.15) is 29.2 Å². The molecule has 3 aromatic carbocycles. The Balaban J connectivity index is 1.81. The summed E-state index contributed by atoms with van der Waals surface area (Å²) in [5.41, 5.74) is 1.80. The number of benzene rings is 3. The molecule has 186 valence electrons. The van der Waals surface area contributed by atoms with Gasteiger partial charge in [0.25, 0.3) is 5.91 Å². The van der Waals surface area contributed by atoms with Gasteiger partial charge < -0.3 is 10.1 Å². The number of carbonyl (C=O) groups excluding carboxylic acids is 1. The van der Waals surface area contributed by atoms with E-state index in [-0.39, 0.29) is 23.0 Å². The van der Waals surface area contributed by atoms with Gasteiger partial charge in [-0.2, -0.15) is 9.78 Å². The fourth-order valence-electron chi connectivity index (χ4n) is 4.09. The number of hydrogen-bond acceptors (Lipinski definition) is 4. The Morgan fingerprint density at radius 2 is 1.67 bits per heavy atom. The molecule has 7 nitrogen and oxygen atoms in total. The maximum atomic E-state index is 15.4. The molecule has 0 aliphatic heterocycles. The number of amides is 1. The minimum Gasteiger partial charge on any atom is -0.485 e. The van der Waals surface area contributed by atoms with E-state index in [1.165, 1.54) is 10.6 Å². The molecule has 1 aromatic heterocycles. The third kappa shape index (κ3) is 4.93. The highest BCUT2D eigenvalue weighted by atomic mass is 19.1. The van der Waals surface area contributed by atoms with Gasteiger partial charge >= 0.3 is 5.69 Å². The number of aryl methyl sites for hydroxylation is 2. The van der Waals surface area contributed by atoms with Crippen LogP contribution in [0.1, 0.15) is 60.2 Å². The Hall–Kier alpha value is -4.20. The predicted octanol–water partition coefficient (Wildman–Crippen LogP) is 5.76. The molecule has 0 aliphatic rings. The van der Waals surface area contributed by atoms with E-state index in [1.54, 1.807) is 19.1 Å². The molecule has 1 amide bonds. The fourth-order valence-corrected chi connectivity index (χ4v) is 4.09. The summed E-state index contributed by atoms with van der Waals surface area (Å²) in [6, 6.07) is 19.1. The van der Waals surface area contributed by atoms with Gasteiger partial charge in [-0.3, -0.25) is 9.36 Å². The quantitative estimate of drug-likeness (QED) is 0.359. The van der Waals surface area contributed by atoms with Crippen molar-refractivity contribution < 1.29 is 13.9 Å². The Labute approximate surface area is 209 Å². The van der Waals surface area contributed by atoms with E-state index in [0.717, 1.165) is 21.9 Å². The van der Waals surface area contributed by atoms with Crippen molar-refractivity contribution in [2.75, 3.05) is 5.32 Å². The highest BCUT2D eigenvalue weighted by molar-refractivity contribution is 6.06. The Kier molecular flexibility index (Phi) is 7.05. The number of rotatable bonds is 7. The van der Waals surface area contributed by atoms with E-state index in [1.807, 2.05) is 70.2 Å². The van der Waals surface area contributed by atoms with Crippen LogP contribution in [0.4, 0.5) is 10.1 Å². The molecule has 0 bridgehead atoms. The summed E-state index contributed by atoms with van der Waals surface area (Å²) in [4.78, 5) is 26.3. The molecule has 0 aliphatic carbocycles. The van der Waals surface area contributed by atoms with E-state index in [4.69, 9.17) is 4.74 Å². The van der Waals surface area contributed by atoms with Gasteiger partial charge in [0.15, 0.2) is 0 Å². The standard InChI is InChI=1S/C28H29FN4O3/c1-17(2)32-20(5)31-33(28(32)35)25-16-26(36-19(4)21-12-7-6-8-13-21)22(15-23(25)29)27(34)30-24-14-10-9-11-18(24)3/h6-17,19H,1-5H3,(H,30,34)/t19-/m0/s1. The number of anilines is 1. The smallest absolute Gasteiger partial charge is 0.351 e. The average molecular weight is 489 g/mol. The van der Waals surface area contributed by atoms with Gasteiger partial charge in [0.05, 0.1) is 5.56 Å². The number of hydrogen-bond donors (Lipinski definition) is 1. The molecular weight excluding hydrogens is 459 g/mol. The van der Waals surface area contributed by atoms with E-state index < -0.39 is 23.5 Å². The maximum absolute atomic E-state index is 15.4. The second-order valence-electron chi connectivity index (χ2n) is 8.94. The lowest BCUT2D eigenvalue weighted by Crippen LogP contribution is -2.26.